The number of ether oxygens (including phenoxy) is 1. The highest BCUT2D eigenvalue weighted by atomic mass is 16.6. The molecule has 2 N–H and O–H groups in total. The fourth-order valence-electron chi connectivity index (χ4n) is 3.92. The topological polar surface area (TPSA) is 116 Å². The van der Waals surface area contributed by atoms with E-state index in [1.54, 1.807) is 35.3 Å². The average molecular weight is 495 g/mol. The molecule has 2 aromatic rings. The smallest absolute Gasteiger partial charge is 0.410 e. The minimum Gasteiger partial charge on any atom is -0.444 e. The zero-order valence-corrected chi connectivity index (χ0v) is 21.5. The monoisotopic (exact) mass is 494 g/mol. The number of carbonyl (C=O) groups is 2. The van der Waals surface area contributed by atoms with Gasteiger partial charge in [-0.15, -0.1) is 0 Å². The molecule has 2 fully saturated rings. The summed E-state index contributed by atoms with van der Waals surface area (Å²) in [6.07, 6.45) is 5.01. The summed E-state index contributed by atoms with van der Waals surface area (Å²) in [5.41, 5.74) is 2.56. The van der Waals surface area contributed by atoms with Crippen molar-refractivity contribution in [1.82, 2.24) is 30.1 Å². The Balaban J connectivity index is 1.34. The Bertz CT molecular complexity index is 1130. The van der Waals surface area contributed by atoms with Gasteiger partial charge in [-0.3, -0.25) is 4.79 Å². The van der Waals surface area contributed by atoms with E-state index in [4.69, 9.17) is 4.74 Å². The van der Waals surface area contributed by atoms with Gasteiger partial charge in [-0.1, -0.05) is 0 Å². The Morgan fingerprint density at radius 3 is 2.50 bits per heavy atom. The largest absolute Gasteiger partial charge is 0.444 e. The Kier molecular flexibility index (Phi) is 7.27. The maximum absolute atomic E-state index is 12.3. The third-order valence-electron chi connectivity index (χ3n) is 5.94. The van der Waals surface area contributed by atoms with Crippen LogP contribution in [-0.4, -0.2) is 88.7 Å². The molecule has 192 valence electrons. The van der Waals surface area contributed by atoms with Crippen LogP contribution in [0.25, 0.3) is 6.08 Å². The molecule has 2 saturated heterocycles. The number of hydrogen-bond donors (Lipinski definition) is 2. The molecule has 0 radical (unpaired) electrons. The lowest BCUT2D eigenvalue weighted by atomic mass is 10.2. The van der Waals surface area contributed by atoms with Crippen LogP contribution in [0.4, 0.5) is 22.2 Å². The predicted octanol–water partition coefficient (Wildman–Crippen LogP) is 2.38. The second-order valence-corrected chi connectivity index (χ2v) is 9.93. The molecule has 11 heteroatoms. The first-order valence-electron chi connectivity index (χ1n) is 12.1. The van der Waals surface area contributed by atoms with Crippen LogP contribution in [-0.2, 0) is 9.53 Å². The first-order chi connectivity index (χ1) is 17.1. The molecule has 36 heavy (non-hydrogen) atoms. The first-order valence-corrected chi connectivity index (χ1v) is 12.1. The Morgan fingerprint density at radius 1 is 1.11 bits per heavy atom. The second-order valence-electron chi connectivity index (χ2n) is 9.93. The summed E-state index contributed by atoms with van der Waals surface area (Å²) in [7, 11) is 1.79. The van der Waals surface area contributed by atoms with Gasteiger partial charge in [0.05, 0.1) is 17.6 Å². The lowest BCUT2D eigenvalue weighted by Crippen LogP contribution is -2.50. The maximum Gasteiger partial charge on any atom is 0.410 e. The zero-order valence-electron chi connectivity index (χ0n) is 21.5. The first kappa shape index (κ1) is 25.2. The molecule has 11 nitrogen and oxygen atoms in total. The van der Waals surface area contributed by atoms with Gasteiger partial charge in [-0.05, 0) is 45.9 Å². The third kappa shape index (κ3) is 6.21. The Morgan fingerprint density at radius 2 is 1.86 bits per heavy atom. The van der Waals surface area contributed by atoms with Gasteiger partial charge < -0.3 is 30.1 Å². The molecule has 2 aliphatic rings. The molecule has 0 unspecified atom stereocenters. The summed E-state index contributed by atoms with van der Waals surface area (Å²) < 4.78 is 5.47. The van der Waals surface area contributed by atoms with Crippen molar-refractivity contribution in [1.29, 1.82) is 0 Å². The lowest BCUT2D eigenvalue weighted by molar-refractivity contribution is -0.127. The quantitative estimate of drug-likeness (QED) is 0.618. The number of aromatic nitrogens is 3. The van der Waals surface area contributed by atoms with Crippen LogP contribution in [0, 0.1) is 6.92 Å². The molecule has 2 amide bonds. The number of likely N-dealkylation sites (N-methyl/N-ethyl adjacent to an activating group) is 1. The molecule has 2 aromatic heterocycles. The number of carbonyl (C=O) groups excluding carboxylic acids is 2. The van der Waals surface area contributed by atoms with Crippen LogP contribution in [0.1, 0.15) is 32.0 Å². The molecular weight excluding hydrogens is 460 g/mol. The molecule has 0 aliphatic carbocycles. The normalized spacial score (nSPS) is 17.8. The van der Waals surface area contributed by atoms with E-state index in [0.29, 0.717) is 56.7 Å². The number of piperazine rings is 2. The molecule has 0 saturated carbocycles. The zero-order chi connectivity index (χ0) is 25.9. The van der Waals surface area contributed by atoms with E-state index in [0.717, 1.165) is 16.9 Å². The summed E-state index contributed by atoms with van der Waals surface area (Å²) in [5, 5.41) is 6.27. The van der Waals surface area contributed by atoms with Crippen molar-refractivity contribution in [2.75, 3.05) is 56.5 Å². The number of aryl methyl sites for hydroxylation is 1. The van der Waals surface area contributed by atoms with E-state index in [1.807, 2.05) is 39.8 Å². The van der Waals surface area contributed by atoms with Gasteiger partial charge in [-0.2, -0.15) is 0 Å². The number of nitrogens with zero attached hydrogens (tertiary/aromatic N) is 6. The summed E-state index contributed by atoms with van der Waals surface area (Å²) in [6.45, 7) is 11.5. The van der Waals surface area contributed by atoms with Gasteiger partial charge in [0.2, 0.25) is 5.95 Å². The molecule has 0 aromatic carbocycles. The van der Waals surface area contributed by atoms with Gasteiger partial charge >= 0.3 is 6.09 Å². The summed E-state index contributed by atoms with van der Waals surface area (Å²) in [4.78, 5) is 43.6. The lowest BCUT2D eigenvalue weighted by Gasteiger charge is -2.36. The van der Waals surface area contributed by atoms with Crippen molar-refractivity contribution < 1.29 is 14.3 Å². The van der Waals surface area contributed by atoms with E-state index in [1.165, 1.54) is 0 Å². The van der Waals surface area contributed by atoms with E-state index in [2.05, 4.69) is 30.5 Å². The predicted molar refractivity (Wildman–Crippen MR) is 138 cm³/mol. The average Bonchev–Trinajstić information content (AvgIpc) is 2.83. The molecule has 0 bridgehead atoms. The van der Waals surface area contributed by atoms with Crippen LogP contribution < -0.4 is 15.5 Å². The molecular formula is C25H34N8O3. The number of pyridine rings is 1. The highest BCUT2D eigenvalue weighted by Crippen LogP contribution is 2.20. The summed E-state index contributed by atoms with van der Waals surface area (Å²) in [6, 6.07) is 3.87. The van der Waals surface area contributed by atoms with Gasteiger partial charge in [0, 0.05) is 58.1 Å². The second kappa shape index (κ2) is 10.4. The third-order valence-corrected chi connectivity index (χ3v) is 5.94. The van der Waals surface area contributed by atoms with Crippen LogP contribution in [0.15, 0.2) is 30.2 Å². The molecule has 2 aliphatic heterocycles. The number of amides is 2. The molecule has 4 heterocycles. The summed E-state index contributed by atoms with van der Waals surface area (Å²) in [5.74, 6) is 1.02. The van der Waals surface area contributed by atoms with Crippen molar-refractivity contribution in [2.24, 2.45) is 0 Å². The van der Waals surface area contributed by atoms with E-state index in [9.17, 15) is 9.59 Å². The molecule has 0 spiro atoms. The summed E-state index contributed by atoms with van der Waals surface area (Å²) >= 11 is 0. The highest BCUT2D eigenvalue weighted by molar-refractivity contribution is 5.97. The standard InChI is InChI=1S/C25H34N8O3/c1-17-18(14-20-22(34)31(5)9-8-26-20)15-28-23(29-17)30-21-7-6-19(16-27-21)32-10-12-33(13-11-32)24(35)36-25(2,3)4/h6-7,14-16,26H,8-13H2,1-5H3,(H,27,28,29,30)/b20-14-. The van der Waals surface area contributed by atoms with Crippen molar-refractivity contribution in [3.05, 3.63) is 41.5 Å². The van der Waals surface area contributed by atoms with Crippen molar-refractivity contribution in [3.63, 3.8) is 0 Å². The Hall–Kier alpha value is -3.89. The van der Waals surface area contributed by atoms with Crippen LogP contribution in [0.5, 0.6) is 0 Å². The minimum atomic E-state index is -0.497. The SMILES string of the molecule is Cc1nc(Nc2ccc(N3CCN(C(=O)OC(C)(C)C)CC3)cn2)ncc1/C=C1\NCCN(C)C1=O. The molecule has 4 rings (SSSR count). The fraction of sp³-hybridized carbons (Fsp3) is 0.480. The van der Waals surface area contributed by atoms with Crippen LogP contribution in [0.3, 0.4) is 0 Å². The Labute approximate surface area is 211 Å². The minimum absolute atomic E-state index is 0.0432. The van der Waals surface area contributed by atoms with Gasteiger partial charge in [0.1, 0.15) is 17.1 Å². The molecule has 0 atom stereocenters. The van der Waals surface area contributed by atoms with Crippen LogP contribution >= 0.6 is 0 Å². The maximum atomic E-state index is 12.3. The van der Waals surface area contributed by atoms with E-state index < -0.39 is 5.60 Å². The number of anilines is 3. The fourth-order valence-corrected chi connectivity index (χ4v) is 3.92. The van der Waals surface area contributed by atoms with Crippen molar-refractivity contribution in [3.8, 4) is 0 Å². The number of hydrogen-bond acceptors (Lipinski definition) is 9. The van der Waals surface area contributed by atoms with Gasteiger partial charge in [-0.25, -0.2) is 19.7 Å². The number of nitrogens with one attached hydrogen (secondary N) is 2. The van der Waals surface area contributed by atoms with Gasteiger partial charge in [0.25, 0.3) is 5.91 Å². The van der Waals surface area contributed by atoms with Crippen molar-refractivity contribution in [2.45, 2.75) is 33.3 Å². The number of rotatable bonds is 4. The van der Waals surface area contributed by atoms with Gasteiger partial charge in [0.15, 0.2) is 0 Å². The van der Waals surface area contributed by atoms with E-state index >= 15 is 0 Å². The van der Waals surface area contributed by atoms with Crippen molar-refractivity contribution >= 4 is 35.5 Å². The highest BCUT2D eigenvalue weighted by Gasteiger charge is 2.26. The van der Waals surface area contributed by atoms with Crippen LogP contribution in [0.2, 0.25) is 0 Å². The van der Waals surface area contributed by atoms with E-state index in [-0.39, 0.29) is 12.0 Å².